The number of allylic oxidation sites excluding steroid dienone is 4. The van der Waals surface area contributed by atoms with Gasteiger partial charge in [-0.3, -0.25) is 4.79 Å². The fourth-order valence-electron chi connectivity index (χ4n) is 7.05. The van der Waals surface area contributed by atoms with Crippen molar-refractivity contribution < 1.29 is 4.79 Å². The lowest BCUT2D eigenvalue weighted by molar-refractivity contribution is -0.130. The van der Waals surface area contributed by atoms with E-state index in [1.807, 2.05) is 5.57 Å². The molecule has 5 atom stereocenters. The normalized spacial score (nSPS) is 48.3. The topological polar surface area (TPSA) is 17.1 Å². The first kappa shape index (κ1) is 15.7. The molecule has 2 saturated carbocycles. The zero-order chi connectivity index (χ0) is 16.4. The Morgan fingerprint density at radius 3 is 2.48 bits per heavy atom. The minimum atomic E-state index is 0.283. The van der Waals surface area contributed by atoms with Crippen molar-refractivity contribution in [2.75, 3.05) is 0 Å². The van der Waals surface area contributed by atoms with Crippen molar-refractivity contribution >= 4 is 5.78 Å². The highest BCUT2D eigenvalue weighted by atomic mass is 16.1. The fraction of sp³-hybridized carbons (Fsp3) is 0.773. The van der Waals surface area contributed by atoms with E-state index < -0.39 is 0 Å². The number of carbonyl (C=O) groups is 1. The summed E-state index contributed by atoms with van der Waals surface area (Å²) in [7, 11) is 0. The smallest absolute Gasteiger partial charge is 0.136 e. The van der Waals surface area contributed by atoms with Gasteiger partial charge in [0.05, 0.1) is 0 Å². The van der Waals surface area contributed by atoms with Gasteiger partial charge in [0, 0.05) is 12.3 Å². The Labute approximate surface area is 141 Å². The maximum absolute atomic E-state index is 12.2. The van der Waals surface area contributed by atoms with Crippen LogP contribution in [0.2, 0.25) is 0 Å². The van der Waals surface area contributed by atoms with Crippen LogP contribution in [0, 0.1) is 28.6 Å². The molecule has 23 heavy (non-hydrogen) atoms. The molecular formula is C22H32O. The van der Waals surface area contributed by atoms with E-state index in [1.165, 1.54) is 38.5 Å². The monoisotopic (exact) mass is 312 g/mol. The van der Waals surface area contributed by atoms with Gasteiger partial charge >= 0.3 is 0 Å². The van der Waals surface area contributed by atoms with Crippen molar-refractivity contribution in [1.29, 1.82) is 0 Å². The Hall–Kier alpha value is -0.850. The van der Waals surface area contributed by atoms with Gasteiger partial charge in [0.2, 0.25) is 0 Å². The van der Waals surface area contributed by atoms with Crippen molar-refractivity contribution in [3.05, 3.63) is 22.8 Å². The van der Waals surface area contributed by atoms with Crippen LogP contribution in [0.1, 0.15) is 79.1 Å². The van der Waals surface area contributed by atoms with Crippen molar-refractivity contribution in [1.82, 2.24) is 0 Å². The number of ketones is 1. The van der Waals surface area contributed by atoms with Crippen LogP contribution >= 0.6 is 0 Å². The van der Waals surface area contributed by atoms with E-state index in [9.17, 15) is 4.79 Å². The summed E-state index contributed by atoms with van der Waals surface area (Å²) in [6.07, 6.45) is 12.1. The molecule has 0 aliphatic heterocycles. The summed E-state index contributed by atoms with van der Waals surface area (Å²) < 4.78 is 0. The number of fused-ring (bicyclic) bond motifs is 4. The lowest BCUT2D eigenvalue weighted by atomic mass is 9.50. The lowest BCUT2D eigenvalue weighted by Crippen LogP contribution is -2.47. The van der Waals surface area contributed by atoms with E-state index >= 15 is 0 Å². The quantitative estimate of drug-likeness (QED) is 0.512. The maximum atomic E-state index is 12.2. The molecule has 0 unspecified atom stereocenters. The zero-order valence-corrected chi connectivity index (χ0v) is 15.4. The summed E-state index contributed by atoms with van der Waals surface area (Å²) in [4.78, 5) is 12.2. The molecule has 0 radical (unpaired) electrons. The van der Waals surface area contributed by atoms with Crippen molar-refractivity contribution in [3.8, 4) is 0 Å². The van der Waals surface area contributed by atoms with Crippen LogP contribution in [0.25, 0.3) is 0 Å². The van der Waals surface area contributed by atoms with Gasteiger partial charge < -0.3 is 0 Å². The third-order valence-electron chi connectivity index (χ3n) is 8.49. The van der Waals surface area contributed by atoms with E-state index in [4.69, 9.17) is 0 Å². The molecule has 4 aliphatic carbocycles. The number of Topliss-reactive ketones (excluding diaryl/α,β-unsaturated/α-hetero) is 1. The summed E-state index contributed by atoms with van der Waals surface area (Å²) in [5.41, 5.74) is 6.10. The zero-order valence-electron chi connectivity index (χ0n) is 15.4. The van der Waals surface area contributed by atoms with Crippen LogP contribution in [-0.2, 0) is 4.79 Å². The molecule has 0 saturated heterocycles. The average molecular weight is 312 g/mol. The molecule has 4 rings (SSSR count). The van der Waals surface area contributed by atoms with Crippen molar-refractivity contribution in [2.45, 2.75) is 79.1 Å². The van der Waals surface area contributed by atoms with E-state index in [1.54, 1.807) is 11.1 Å². The first-order valence-electron chi connectivity index (χ1n) is 9.82. The summed E-state index contributed by atoms with van der Waals surface area (Å²) >= 11 is 0. The second-order valence-electron chi connectivity index (χ2n) is 9.14. The second-order valence-corrected chi connectivity index (χ2v) is 9.14. The predicted molar refractivity (Wildman–Crippen MR) is 95.1 cm³/mol. The molecule has 0 aromatic carbocycles. The molecule has 126 valence electrons. The number of carbonyl (C=O) groups excluding carboxylic acids is 1. The third kappa shape index (κ3) is 1.94. The first-order chi connectivity index (χ1) is 10.9. The van der Waals surface area contributed by atoms with Crippen LogP contribution in [-0.4, -0.2) is 5.78 Å². The molecule has 0 aromatic heterocycles. The van der Waals surface area contributed by atoms with Gasteiger partial charge in [0.15, 0.2) is 0 Å². The summed E-state index contributed by atoms with van der Waals surface area (Å²) in [6.45, 7) is 9.48. The maximum Gasteiger partial charge on any atom is 0.136 e. The van der Waals surface area contributed by atoms with E-state index in [2.05, 4.69) is 33.8 Å². The molecule has 1 nitrogen and oxygen atoms in total. The van der Waals surface area contributed by atoms with Crippen molar-refractivity contribution in [2.24, 2.45) is 28.6 Å². The molecule has 2 fully saturated rings. The van der Waals surface area contributed by atoms with Gasteiger partial charge in [0.25, 0.3) is 0 Å². The Balaban J connectivity index is 1.77. The van der Waals surface area contributed by atoms with Gasteiger partial charge in [-0.25, -0.2) is 0 Å². The number of hydrogen-bond acceptors (Lipinski definition) is 1. The van der Waals surface area contributed by atoms with E-state index in [0.717, 1.165) is 18.8 Å². The predicted octanol–water partition coefficient (Wildman–Crippen LogP) is 5.85. The van der Waals surface area contributed by atoms with Crippen LogP contribution in [0.5, 0.6) is 0 Å². The largest absolute Gasteiger partial charge is 0.299 e. The molecule has 0 heterocycles. The van der Waals surface area contributed by atoms with Gasteiger partial charge in [-0.1, -0.05) is 43.6 Å². The van der Waals surface area contributed by atoms with Gasteiger partial charge in [-0.05, 0) is 74.5 Å². The van der Waals surface area contributed by atoms with Crippen molar-refractivity contribution in [3.63, 3.8) is 0 Å². The van der Waals surface area contributed by atoms with Crippen LogP contribution in [0.15, 0.2) is 22.8 Å². The SMILES string of the molecule is C/C=C1/CC[C@H]2C3=C(CC[C@]12C)[C@@]1(C)CCC(=O)[C@@H](C)[C@@H]1CC3. The fourth-order valence-corrected chi connectivity index (χ4v) is 7.05. The number of hydrogen-bond donors (Lipinski definition) is 0. The minimum Gasteiger partial charge on any atom is -0.299 e. The average Bonchev–Trinajstić information content (AvgIpc) is 2.88. The summed E-state index contributed by atoms with van der Waals surface area (Å²) in [5.74, 6) is 2.21. The molecule has 0 aromatic rings. The second kappa shape index (κ2) is 5.07. The Bertz CT molecular complexity index is 609. The first-order valence-corrected chi connectivity index (χ1v) is 9.82. The van der Waals surface area contributed by atoms with Crippen LogP contribution in [0.4, 0.5) is 0 Å². The van der Waals surface area contributed by atoms with Gasteiger partial charge in [-0.2, -0.15) is 0 Å². The highest BCUT2D eigenvalue weighted by molar-refractivity contribution is 5.82. The standard InChI is InChI=1S/C22H32O/c1-5-15-6-8-18-16-7-9-17-14(2)20(23)11-13-22(17,4)19(16)10-12-21(15,18)3/h5,14,17-18H,6-13H2,1-4H3/b15-5-/t14-,17-,18-,21+,22-/m0/s1. The highest BCUT2D eigenvalue weighted by Gasteiger charge is 2.54. The Kier molecular flexibility index (Phi) is 3.45. The molecule has 0 bridgehead atoms. The molecule has 4 aliphatic rings. The van der Waals surface area contributed by atoms with E-state index in [-0.39, 0.29) is 5.92 Å². The lowest BCUT2D eigenvalue weighted by Gasteiger charge is -2.54. The third-order valence-corrected chi connectivity index (χ3v) is 8.49. The summed E-state index contributed by atoms with van der Waals surface area (Å²) in [5, 5.41) is 0. The van der Waals surface area contributed by atoms with Gasteiger partial charge in [-0.15, -0.1) is 0 Å². The van der Waals surface area contributed by atoms with Gasteiger partial charge in [0.1, 0.15) is 5.78 Å². The van der Waals surface area contributed by atoms with E-state index in [0.29, 0.717) is 22.5 Å². The summed E-state index contributed by atoms with van der Waals surface area (Å²) in [6, 6.07) is 0. The Morgan fingerprint density at radius 1 is 1.00 bits per heavy atom. The molecule has 0 amide bonds. The molecular weight excluding hydrogens is 280 g/mol. The molecule has 0 N–H and O–H groups in total. The minimum absolute atomic E-state index is 0.283. The molecule has 0 spiro atoms. The molecule has 1 heteroatoms. The van der Waals surface area contributed by atoms with Crippen LogP contribution in [0.3, 0.4) is 0 Å². The Morgan fingerprint density at radius 2 is 1.74 bits per heavy atom. The highest BCUT2D eigenvalue weighted by Crippen LogP contribution is 2.64. The number of rotatable bonds is 0. The van der Waals surface area contributed by atoms with Crippen LogP contribution < -0.4 is 0 Å².